The van der Waals surface area contributed by atoms with Gasteiger partial charge in [0.05, 0.1) is 4.90 Å². The van der Waals surface area contributed by atoms with Crippen LogP contribution in [0.5, 0.6) is 0 Å². The Morgan fingerprint density at radius 1 is 1.39 bits per heavy atom. The molecule has 2 aromatic rings. The summed E-state index contributed by atoms with van der Waals surface area (Å²) in [5, 5.41) is 4.07. The number of hydrogen-bond donors (Lipinski definition) is 0. The third-order valence-electron chi connectivity index (χ3n) is 4.16. The molecule has 124 valence electrons. The number of sulfonamides is 1. The molecule has 0 unspecified atom stereocenters. The third-order valence-corrected chi connectivity index (χ3v) is 6.02. The Labute approximate surface area is 135 Å². The van der Waals surface area contributed by atoms with Crippen molar-refractivity contribution >= 4 is 10.0 Å². The van der Waals surface area contributed by atoms with Crippen molar-refractivity contribution in [1.82, 2.24) is 19.1 Å². The number of rotatable bonds is 4. The number of aromatic nitrogens is 3. The average molecular weight is 338 g/mol. The molecule has 1 aromatic heterocycles. The smallest absolute Gasteiger partial charge is 0.243 e. The number of piperidine rings is 1. The van der Waals surface area contributed by atoms with Gasteiger partial charge in [0, 0.05) is 19.6 Å². The van der Waals surface area contributed by atoms with Crippen LogP contribution in [-0.4, -0.2) is 40.6 Å². The van der Waals surface area contributed by atoms with E-state index in [0.717, 1.165) is 12.8 Å². The monoisotopic (exact) mass is 338 g/mol. The Bertz CT molecular complexity index is 777. The fourth-order valence-corrected chi connectivity index (χ4v) is 4.55. The highest BCUT2D eigenvalue weighted by atomic mass is 32.2. The topological polar surface area (TPSA) is 68.1 Å². The molecule has 0 radical (unpaired) electrons. The van der Waals surface area contributed by atoms with Crippen LogP contribution >= 0.6 is 0 Å². The lowest BCUT2D eigenvalue weighted by Crippen LogP contribution is -2.41. The van der Waals surface area contributed by atoms with E-state index in [9.17, 15) is 12.8 Å². The van der Waals surface area contributed by atoms with Crippen molar-refractivity contribution in [2.45, 2.75) is 31.2 Å². The zero-order valence-electron chi connectivity index (χ0n) is 12.9. The highest BCUT2D eigenvalue weighted by Gasteiger charge is 2.30. The third kappa shape index (κ3) is 3.42. The number of aryl methyl sites for hydroxylation is 1. The van der Waals surface area contributed by atoms with Crippen molar-refractivity contribution in [1.29, 1.82) is 0 Å². The molecule has 3 rings (SSSR count). The van der Waals surface area contributed by atoms with E-state index in [0.29, 0.717) is 25.2 Å². The molecule has 0 bridgehead atoms. The summed E-state index contributed by atoms with van der Waals surface area (Å²) in [6, 6.07) is 3.93. The molecule has 23 heavy (non-hydrogen) atoms. The molecule has 0 amide bonds. The summed E-state index contributed by atoms with van der Waals surface area (Å²) >= 11 is 0. The Kier molecular flexibility index (Phi) is 4.45. The lowest BCUT2D eigenvalue weighted by atomic mass is 10.00. The van der Waals surface area contributed by atoms with E-state index >= 15 is 0 Å². The van der Waals surface area contributed by atoms with Gasteiger partial charge in [-0.1, -0.05) is 0 Å². The van der Waals surface area contributed by atoms with Crippen LogP contribution in [0.15, 0.2) is 35.7 Å². The molecular weight excluding hydrogens is 319 g/mol. The molecule has 6 nitrogen and oxygen atoms in total. The van der Waals surface area contributed by atoms with Gasteiger partial charge < -0.3 is 0 Å². The minimum Gasteiger partial charge on any atom is -0.253 e. The van der Waals surface area contributed by atoms with E-state index in [2.05, 4.69) is 10.1 Å². The number of halogens is 1. The van der Waals surface area contributed by atoms with E-state index < -0.39 is 15.8 Å². The van der Waals surface area contributed by atoms with Crippen LogP contribution in [0.3, 0.4) is 0 Å². The maximum absolute atomic E-state index is 13.4. The second-order valence-corrected chi connectivity index (χ2v) is 7.84. The van der Waals surface area contributed by atoms with Crippen molar-refractivity contribution < 1.29 is 12.8 Å². The Morgan fingerprint density at radius 2 is 2.22 bits per heavy atom. The second kappa shape index (κ2) is 6.37. The number of nitrogens with zero attached hydrogens (tertiary/aromatic N) is 4. The van der Waals surface area contributed by atoms with Gasteiger partial charge in [-0.2, -0.15) is 9.40 Å². The summed E-state index contributed by atoms with van der Waals surface area (Å²) < 4.78 is 42.1. The summed E-state index contributed by atoms with van der Waals surface area (Å²) in [6.07, 6.45) is 4.86. The van der Waals surface area contributed by atoms with E-state index in [1.54, 1.807) is 17.9 Å². The highest BCUT2D eigenvalue weighted by Crippen LogP contribution is 2.25. The van der Waals surface area contributed by atoms with Crippen LogP contribution in [0, 0.1) is 18.7 Å². The minimum absolute atomic E-state index is 0.151. The van der Waals surface area contributed by atoms with Crippen LogP contribution in [0.2, 0.25) is 0 Å². The first-order valence-corrected chi connectivity index (χ1v) is 8.99. The standard InChI is InChI=1S/C15H19FN4O2S/c1-12-7-14(4-5-15(12)16)23(21,22)20-6-2-3-13(9-20)8-19-11-17-10-18-19/h4-5,7,10-11,13H,2-3,6,8-9H2,1H3/t13-/m0/s1. The van der Waals surface area contributed by atoms with Gasteiger partial charge in [0.25, 0.3) is 0 Å². The zero-order chi connectivity index (χ0) is 16.4. The normalized spacial score (nSPS) is 19.8. The lowest BCUT2D eigenvalue weighted by molar-refractivity contribution is 0.239. The Morgan fingerprint density at radius 3 is 2.91 bits per heavy atom. The van der Waals surface area contributed by atoms with Crippen LogP contribution in [0.4, 0.5) is 4.39 Å². The van der Waals surface area contributed by atoms with Crippen LogP contribution in [0.25, 0.3) is 0 Å². The molecule has 8 heteroatoms. The van der Waals surface area contributed by atoms with E-state index in [-0.39, 0.29) is 10.8 Å². The largest absolute Gasteiger partial charge is 0.253 e. The van der Waals surface area contributed by atoms with E-state index in [1.165, 1.54) is 28.8 Å². The van der Waals surface area contributed by atoms with Gasteiger partial charge in [0.2, 0.25) is 10.0 Å². The molecule has 0 N–H and O–H groups in total. The summed E-state index contributed by atoms with van der Waals surface area (Å²) in [6.45, 7) is 3.15. The van der Waals surface area contributed by atoms with Gasteiger partial charge in [0.1, 0.15) is 18.5 Å². The summed E-state index contributed by atoms with van der Waals surface area (Å²) in [5.41, 5.74) is 0.335. The van der Waals surface area contributed by atoms with E-state index in [4.69, 9.17) is 0 Å². The molecule has 1 aromatic carbocycles. The Balaban J connectivity index is 1.77. The fraction of sp³-hybridized carbons (Fsp3) is 0.467. The van der Waals surface area contributed by atoms with Crippen LogP contribution in [0.1, 0.15) is 18.4 Å². The van der Waals surface area contributed by atoms with Crippen molar-refractivity contribution in [3.05, 3.63) is 42.2 Å². The van der Waals surface area contributed by atoms with Crippen molar-refractivity contribution in [2.75, 3.05) is 13.1 Å². The number of benzene rings is 1. The molecule has 1 fully saturated rings. The van der Waals surface area contributed by atoms with Gasteiger partial charge in [0.15, 0.2) is 0 Å². The maximum atomic E-state index is 13.4. The molecule has 1 aliphatic heterocycles. The molecule has 0 saturated carbocycles. The van der Waals surface area contributed by atoms with Gasteiger partial charge in [-0.25, -0.2) is 17.8 Å². The van der Waals surface area contributed by atoms with Crippen molar-refractivity contribution in [2.24, 2.45) is 5.92 Å². The van der Waals surface area contributed by atoms with E-state index in [1.807, 2.05) is 0 Å². The molecular formula is C15H19FN4O2S. The minimum atomic E-state index is -3.59. The average Bonchev–Trinajstić information content (AvgIpc) is 3.03. The SMILES string of the molecule is Cc1cc(S(=O)(=O)N2CCC[C@@H](Cn3cncn3)C2)ccc1F. The Hall–Kier alpha value is -1.80. The molecule has 1 atom stereocenters. The zero-order valence-corrected chi connectivity index (χ0v) is 13.7. The molecule has 0 spiro atoms. The highest BCUT2D eigenvalue weighted by molar-refractivity contribution is 7.89. The lowest BCUT2D eigenvalue weighted by Gasteiger charge is -2.31. The van der Waals surface area contributed by atoms with Gasteiger partial charge in [-0.3, -0.25) is 4.68 Å². The van der Waals surface area contributed by atoms with Gasteiger partial charge in [-0.05, 0) is 49.4 Å². The predicted molar refractivity (Wildman–Crippen MR) is 82.6 cm³/mol. The first kappa shape index (κ1) is 16.1. The maximum Gasteiger partial charge on any atom is 0.243 e. The summed E-state index contributed by atoms with van der Waals surface area (Å²) in [5.74, 6) is -0.201. The van der Waals surface area contributed by atoms with Crippen LogP contribution < -0.4 is 0 Å². The molecule has 0 aliphatic carbocycles. The van der Waals surface area contributed by atoms with Gasteiger partial charge in [-0.15, -0.1) is 0 Å². The predicted octanol–water partition coefficient (Wildman–Crippen LogP) is 1.83. The first-order chi connectivity index (χ1) is 11.0. The molecule has 2 heterocycles. The summed E-state index contributed by atoms with van der Waals surface area (Å²) in [4.78, 5) is 4.06. The van der Waals surface area contributed by atoms with Crippen LogP contribution in [-0.2, 0) is 16.6 Å². The fourth-order valence-electron chi connectivity index (χ4n) is 2.91. The van der Waals surface area contributed by atoms with Crippen molar-refractivity contribution in [3.63, 3.8) is 0 Å². The first-order valence-electron chi connectivity index (χ1n) is 7.55. The van der Waals surface area contributed by atoms with Gasteiger partial charge >= 0.3 is 0 Å². The summed E-state index contributed by atoms with van der Waals surface area (Å²) in [7, 11) is -3.59. The quantitative estimate of drug-likeness (QED) is 0.853. The second-order valence-electron chi connectivity index (χ2n) is 5.90. The molecule has 1 saturated heterocycles. The molecule has 1 aliphatic rings. The number of hydrogen-bond acceptors (Lipinski definition) is 4. The van der Waals surface area contributed by atoms with Crippen molar-refractivity contribution in [3.8, 4) is 0 Å².